The van der Waals surface area contributed by atoms with Gasteiger partial charge in [-0.2, -0.15) is 0 Å². The summed E-state index contributed by atoms with van der Waals surface area (Å²) in [4.78, 5) is 10.8. The standard InChI is InChI=1S/C15H18N2O4/c1-15(2,9-13(18)19)8-12-16-17-14(21-12)10-4-6-11(20-3)7-5-10/h4-7H,8-9H2,1-3H3,(H,18,19). The van der Waals surface area contributed by atoms with Crippen molar-refractivity contribution in [2.24, 2.45) is 5.41 Å². The molecular weight excluding hydrogens is 272 g/mol. The van der Waals surface area contributed by atoms with Crippen molar-refractivity contribution < 1.29 is 19.1 Å². The fourth-order valence-electron chi connectivity index (χ4n) is 2.06. The zero-order valence-corrected chi connectivity index (χ0v) is 12.3. The lowest BCUT2D eigenvalue weighted by Crippen LogP contribution is -2.19. The topological polar surface area (TPSA) is 85.5 Å². The molecule has 0 spiro atoms. The molecule has 0 aliphatic rings. The van der Waals surface area contributed by atoms with Gasteiger partial charge >= 0.3 is 5.97 Å². The summed E-state index contributed by atoms with van der Waals surface area (Å²) in [7, 11) is 1.60. The molecule has 6 heteroatoms. The van der Waals surface area contributed by atoms with Crippen LogP contribution in [0, 0.1) is 5.41 Å². The first-order chi connectivity index (χ1) is 9.89. The zero-order chi connectivity index (χ0) is 15.5. The summed E-state index contributed by atoms with van der Waals surface area (Å²) in [6.45, 7) is 3.72. The van der Waals surface area contributed by atoms with Crippen LogP contribution in [0.15, 0.2) is 28.7 Å². The smallest absolute Gasteiger partial charge is 0.303 e. The van der Waals surface area contributed by atoms with E-state index in [1.165, 1.54) is 0 Å². The Morgan fingerprint density at radius 3 is 2.52 bits per heavy atom. The van der Waals surface area contributed by atoms with Gasteiger partial charge in [-0.25, -0.2) is 0 Å². The first kappa shape index (κ1) is 15.0. The number of methoxy groups -OCH3 is 1. The molecule has 0 saturated carbocycles. The van der Waals surface area contributed by atoms with Gasteiger partial charge in [0.1, 0.15) is 5.75 Å². The molecule has 0 amide bonds. The van der Waals surface area contributed by atoms with Crippen LogP contribution in [0.5, 0.6) is 5.75 Å². The van der Waals surface area contributed by atoms with Gasteiger partial charge in [0.15, 0.2) is 0 Å². The Kier molecular flexibility index (Phi) is 4.26. The molecular formula is C15H18N2O4. The predicted octanol–water partition coefficient (Wildman–Crippen LogP) is 2.79. The first-order valence-electron chi connectivity index (χ1n) is 6.58. The van der Waals surface area contributed by atoms with E-state index in [9.17, 15) is 4.79 Å². The van der Waals surface area contributed by atoms with E-state index in [1.807, 2.05) is 38.1 Å². The van der Waals surface area contributed by atoms with Crippen LogP contribution in [0.3, 0.4) is 0 Å². The van der Waals surface area contributed by atoms with Crippen molar-refractivity contribution in [1.82, 2.24) is 10.2 Å². The van der Waals surface area contributed by atoms with Gasteiger partial charge in [0.05, 0.1) is 13.5 Å². The molecule has 0 fully saturated rings. The number of carbonyl (C=O) groups is 1. The van der Waals surface area contributed by atoms with E-state index in [1.54, 1.807) is 7.11 Å². The maximum Gasteiger partial charge on any atom is 0.303 e. The molecule has 6 nitrogen and oxygen atoms in total. The van der Waals surface area contributed by atoms with Gasteiger partial charge in [-0.3, -0.25) is 4.79 Å². The van der Waals surface area contributed by atoms with Crippen molar-refractivity contribution in [2.75, 3.05) is 7.11 Å². The summed E-state index contributed by atoms with van der Waals surface area (Å²) < 4.78 is 10.7. The number of hydrogen-bond donors (Lipinski definition) is 1. The van der Waals surface area contributed by atoms with Gasteiger partial charge in [0.2, 0.25) is 11.8 Å². The van der Waals surface area contributed by atoms with Gasteiger partial charge in [-0.1, -0.05) is 13.8 Å². The van der Waals surface area contributed by atoms with Crippen LogP contribution in [-0.4, -0.2) is 28.4 Å². The number of nitrogens with zero attached hydrogens (tertiary/aromatic N) is 2. The van der Waals surface area contributed by atoms with E-state index < -0.39 is 11.4 Å². The molecule has 21 heavy (non-hydrogen) atoms. The molecule has 1 aromatic heterocycles. The van der Waals surface area contributed by atoms with E-state index in [0.717, 1.165) is 11.3 Å². The normalized spacial score (nSPS) is 11.4. The SMILES string of the molecule is COc1ccc(-c2nnc(CC(C)(C)CC(=O)O)o2)cc1. The van der Waals surface area contributed by atoms with Gasteiger partial charge in [0, 0.05) is 12.0 Å². The summed E-state index contributed by atoms with van der Waals surface area (Å²) in [5.41, 5.74) is 0.362. The average Bonchev–Trinajstić information content (AvgIpc) is 2.85. The molecule has 0 atom stereocenters. The Hall–Kier alpha value is -2.37. The van der Waals surface area contributed by atoms with Crippen molar-refractivity contribution in [3.63, 3.8) is 0 Å². The number of ether oxygens (including phenoxy) is 1. The second kappa shape index (κ2) is 5.95. The maximum atomic E-state index is 10.8. The third-order valence-corrected chi connectivity index (χ3v) is 3.06. The molecule has 0 bridgehead atoms. The van der Waals surface area contributed by atoms with Crippen LogP contribution in [0.4, 0.5) is 0 Å². The Balaban J connectivity index is 2.12. The lowest BCUT2D eigenvalue weighted by Gasteiger charge is -2.19. The number of aliphatic carboxylic acids is 1. The van der Waals surface area contributed by atoms with Crippen molar-refractivity contribution in [3.05, 3.63) is 30.2 Å². The summed E-state index contributed by atoms with van der Waals surface area (Å²) >= 11 is 0. The molecule has 0 aliphatic carbocycles. The lowest BCUT2D eigenvalue weighted by atomic mass is 9.86. The third-order valence-electron chi connectivity index (χ3n) is 3.06. The van der Waals surface area contributed by atoms with Crippen molar-refractivity contribution in [1.29, 1.82) is 0 Å². The average molecular weight is 290 g/mol. The molecule has 0 radical (unpaired) electrons. The molecule has 112 valence electrons. The highest BCUT2D eigenvalue weighted by Crippen LogP contribution is 2.27. The highest BCUT2D eigenvalue weighted by atomic mass is 16.5. The van der Waals surface area contributed by atoms with Crippen LogP contribution in [0.1, 0.15) is 26.2 Å². The first-order valence-corrected chi connectivity index (χ1v) is 6.58. The molecule has 2 rings (SSSR count). The molecule has 1 aromatic carbocycles. The number of hydrogen-bond acceptors (Lipinski definition) is 5. The highest BCUT2D eigenvalue weighted by Gasteiger charge is 2.25. The van der Waals surface area contributed by atoms with Crippen LogP contribution >= 0.6 is 0 Å². The van der Waals surface area contributed by atoms with Gasteiger partial charge in [-0.15, -0.1) is 10.2 Å². The van der Waals surface area contributed by atoms with E-state index in [4.69, 9.17) is 14.3 Å². The van der Waals surface area contributed by atoms with Crippen molar-refractivity contribution >= 4 is 5.97 Å². The summed E-state index contributed by atoms with van der Waals surface area (Å²) in [6, 6.07) is 7.29. The quantitative estimate of drug-likeness (QED) is 0.880. The minimum absolute atomic E-state index is 0.0489. The maximum absolute atomic E-state index is 10.8. The third kappa shape index (κ3) is 4.05. The second-order valence-electron chi connectivity index (χ2n) is 5.64. The zero-order valence-electron chi connectivity index (χ0n) is 12.3. The number of carboxylic acids is 1. The summed E-state index contributed by atoms with van der Waals surface area (Å²) in [6.07, 6.45) is 0.468. The Morgan fingerprint density at radius 2 is 1.95 bits per heavy atom. The summed E-state index contributed by atoms with van der Waals surface area (Å²) in [5.74, 6) is 0.766. The van der Waals surface area contributed by atoms with E-state index in [-0.39, 0.29) is 6.42 Å². The van der Waals surface area contributed by atoms with Crippen LogP contribution in [-0.2, 0) is 11.2 Å². The van der Waals surface area contributed by atoms with E-state index >= 15 is 0 Å². The van der Waals surface area contributed by atoms with Crippen molar-refractivity contribution in [3.8, 4) is 17.2 Å². The molecule has 1 N–H and O–H groups in total. The number of carboxylic acid groups (broad SMARTS) is 1. The lowest BCUT2D eigenvalue weighted by molar-refractivity contribution is -0.139. The number of benzene rings is 1. The molecule has 0 unspecified atom stereocenters. The van der Waals surface area contributed by atoms with Crippen molar-refractivity contribution in [2.45, 2.75) is 26.7 Å². The Morgan fingerprint density at radius 1 is 1.29 bits per heavy atom. The molecule has 0 saturated heterocycles. The minimum atomic E-state index is -0.838. The Bertz CT molecular complexity index is 617. The van der Waals surface area contributed by atoms with Gasteiger partial charge < -0.3 is 14.3 Å². The van der Waals surface area contributed by atoms with E-state index in [2.05, 4.69) is 10.2 Å². The van der Waals surface area contributed by atoms with Crippen LogP contribution < -0.4 is 4.74 Å². The fourth-order valence-corrected chi connectivity index (χ4v) is 2.06. The monoisotopic (exact) mass is 290 g/mol. The fraction of sp³-hybridized carbons (Fsp3) is 0.400. The highest BCUT2D eigenvalue weighted by molar-refractivity contribution is 5.67. The van der Waals surface area contributed by atoms with E-state index in [0.29, 0.717) is 18.2 Å². The molecule has 1 heterocycles. The largest absolute Gasteiger partial charge is 0.497 e. The number of rotatable bonds is 6. The summed E-state index contributed by atoms with van der Waals surface area (Å²) in [5, 5.41) is 16.9. The predicted molar refractivity (Wildman–Crippen MR) is 76.0 cm³/mol. The van der Waals surface area contributed by atoms with Crippen LogP contribution in [0.25, 0.3) is 11.5 Å². The van der Waals surface area contributed by atoms with Gasteiger partial charge in [-0.05, 0) is 29.7 Å². The molecule has 0 aliphatic heterocycles. The Labute approximate surface area is 122 Å². The molecule has 2 aromatic rings. The second-order valence-corrected chi connectivity index (χ2v) is 5.64. The van der Waals surface area contributed by atoms with Gasteiger partial charge in [0.25, 0.3) is 0 Å². The minimum Gasteiger partial charge on any atom is -0.497 e. The van der Waals surface area contributed by atoms with Crippen LogP contribution in [0.2, 0.25) is 0 Å². The number of aromatic nitrogens is 2.